The molecule has 0 fully saturated rings. The highest BCUT2D eigenvalue weighted by Gasteiger charge is 2.04. The number of esters is 1. The fourth-order valence-corrected chi connectivity index (χ4v) is 1.29. The van der Waals surface area contributed by atoms with Crippen LogP contribution in [-0.2, 0) is 4.79 Å². The summed E-state index contributed by atoms with van der Waals surface area (Å²) in [6.07, 6.45) is 0. The van der Waals surface area contributed by atoms with Crippen molar-refractivity contribution in [3.63, 3.8) is 0 Å². The molecular weight excluding hydrogens is 176 g/mol. The Kier molecular flexibility index (Phi) is 3.28. The van der Waals surface area contributed by atoms with Crippen molar-refractivity contribution in [2.24, 2.45) is 0 Å². The highest BCUT2D eigenvalue weighted by atomic mass is 16.5. The molecule has 0 aliphatic heterocycles. The van der Waals surface area contributed by atoms with Gasteiger partial charge in [0.2, 0.25) is 0 Å². The van der Waals surface area contributed by atoms with Gasteiger partial charge in [0.05, 0.1) is 0 Å². The van der Waals surface area contributed by atoms with Gasteiger partial charge in [0.1, 0.15) is 5.75 Å². The summed E-state index contributed by atoms with van der Waals surface area (Å²) < 4.78 is 5.02. The van der Waals surface area contributed by atoms with Crippen LogP contribution in [-0.4, -0.2) is 5.97 Å². The van der Waals surface area contributed by atoms with Crippen LogP contribution in [0.25, 0.3) is 0 Å². The zero-order valence-electron chi connectivity index (χ0n) is 8.83. The van der Waals surface area contributed by atoms with Gasteiger partial charge in [-0.2, -0.15) is 0 Å². The molecule has 0 amide bonds. The maximum Gasteiger partial charge on any atom is 0.308 e. The molecule has 1 aromatic rings. The average molecular weight is 191 g/mol. The molecule has 0 saturated carbocycles. The SMILES string of the molecule is [CH2]C(C)c1cc(C)cc(OC(C)=O)c1. The van der Waals surface area contributed by atoms with Crippen molar-refractivity contribution in [1.29, 1.82) is 0 Å². The summed E-state index contributed by atoms with van der Waals surface area (Å²) in [5, 5.41) is 0. The number of ether oxygens (including phenoxy) is 1. The summed E-state index contributed by atoms with van der Waals surface area (Å²) in [5.41, 5.74) is 2.16. The van der Waals surface area contributed by atoms with Gasteiger partial charge in [-0.15, -0.1) is 0 Å². The van der Waals surface area contributed by atoms with E-state index >= 15 is 0 Å². The van der Waals surface area contributed by atoms with Crippen molar-refractivity contribution in [2.75, 3.05) is 0 Å². The first-order valence-electron chi connectivity index (χ1n) is 4.62. The van der Waals surface area contributed by atoms with Crippen LogP contribution in [0.3, 0.4) is 0 Å². The largest absolute Gasteiger partial charge is 0.427 e. The molecule has 1 unspecified atom stereocenters. The van der Waals surface area contributed by atoms with Gasteiger partial charge in [-0.3, -0.25) is 4.79 Å². The lowest BCUT2D eigenvalue weighted by atomic mass is 10.0. The van der Waals surface area contributed by atoms with Crippen LogP contribution in [0, 0.1) is 13.8 Å². The quantitative estimate of drug-likeness (QED) is 0.530. The maximum absolute atomic E-state index is 10.8. The fourth-order valence-electron chi connectivity index (χ4n) is 1.29. The van der Waals surface area contributed by atoms with Crippen molar-refractivity contribution >= 4 is 5.97 Å². The second-order valence-corrected chi connectivity index (χ2v) is 3.57. The van der Waals surface area contributed by atoms with E-state index in [0.29, 0.717) is 5.75 Å². The van der Waals surface area contributed by atoms with Crippen LogP contribution in [0.2, 0.25) is 0 Å². The first kappa shape index (κ1) is 10.8. The van der Waals surface area contributed by atoms with Gasteiger partial charge < -0.3 is 4.74 Å². The van der Waals surface area contributed by atoms with Gasteiger partial charge in [0, 0.05) is 6.92 Å². The summed E-state index contributed by atoms with van der Waals surface area (Å²) in [6.45, 7) is 9.31. The highest BCUT2D eigenvalue weighted by Crippen LogP contribution is 2.22. The minimum absolute atomic E-state index is 0.198. The van der Waals surface area contributed by atoms with Crippen molar-refractivity contribution in [3.8, 4) is 5.75 Å². The molecule has 1 aromatic carbocycles. The third kappa shape index (κ3) is 2.87. The molecule has 0 saturated heterocycles. The Morgan fingerprint density at radius 3 is 2.57 bits per heavy atom. The lowest BCUT2D eigenvalue weighted by molar-refractivity contribution is -0.131. The average Bonchev–Trinajstić information content (AvgIpc) is 2.01. The summed E-state index contributed by atoms with van der Waals surface area (Å²) >= 11 is 0. The van der Waals surface area contributed by atoms with Crippen LogP contribution < -0.4 is 4.74 Å². The molecule has 75 valence electrons. The van der Waals surface area contributed by atoms with Crippen LogP contribution >= 0.6 is 0 Å². The molecule has 2 nitrogen and oxygen atoms in total. The van der Waals surface area contributed by atoms with E-state index in [9.17, 15) is 4.79 Å². The molecular formula is C12H15O2. The molecule has 1 radical (unpaired) electrons. The van der Waals surface area contributed by atoms with Gasteiger partial charge in [-0.25, -0.2) is 0 Å². The third-order valence-electron chi connectivity index (χ3n) is 1.90. The second-order valence-electron chi connectivity index (χ2n) is 3.57. The van der Waals surface area contributed by atoms with E-state index in [1.54, 1.807) is 0 Å². The number of carbonyl (C=O) groups excluding carboxylic acids is 1. The Bertz CT molecular complexity index is 340. The topological polar surface area (TPSA) is 26.3 Å². The minimum atomic E-state index is -0.293. The molecule has 1 atom stereocenters. The molecule has 2 heteroatoms. The van der Waals surface area contributed by atoms with Crippen LogP contribution in [0.15, 0.2) is 18.2 Å². The van der Waals surface area contributed by atoms with Crippen molar-refractivity contribution < 1.29 is 9.53 Å². The molecule has 0 aliphatic rings. The smallest absolute Gasteiger partial charge is 0.308 e. The standard InChI is InChI=1S/C12H15O2/c1-8(2)11-5-9(3)6-12(7-11)14-10(4)13/h5-8H,1H2,2-4H3. The molecule has 0 heterocycles. The number of rotatable bonds is 2. The first-order valence-corrected chi connectivity index (χ1v) is 4.62. The fraction of sp³-hybridized carbons (Fsp3) is 0.333. The monoisotopic (exact) mass is 191 g/mol. The van der Waals surface area contributed by atoms with Crippen molar-refractivity contribution in [3.05, 3.63) is 36.2 Å². The lowest BCUT2D eigenvalue weighted by Gasteiger charge is -2.09. The van der Waals surface area contributed by atoms with E-state index in [0.717, 1.165) is 11.1 Å². The van der Waals surface area contributed by atoms with Gasteiger partial charge in [-0.05, 0) is 43.0 Å². The van der Waals surface area contributed by atoms with Crippen LogP contribution in [0.5, 0.6) is 5.75 Å². The van der Waals surface area contributed by atoms with Gasteiger partial charge in [-0.1, -0.05) is 13.0 Å². The van der Waals surface area contributed by atoms with Gasteiger partial charge in [0.25, 0.3) is 0 Å². The zero-order chi connectivity index (χ0) is 10.7. The van der Waals surface area contributed by atoms with Crippen LogP contribution in [0.4, 0.5) is 0 Å². The van der Waals surface area contributed by atoms with Gasteiger partial charge >= 0.3 is 5.97 Å². The Morgan fingerprint density at radius 1 is 1.43 bits per heavy atom. The normalized spacial score (nSPS) is 10.4. The Labute approximate surface area is 84.9 Å². The molecule has 0 aliphatic carbocycles. The summed E-state index contributed by atoms with van der Waals surface area (Å²) in [7, 11) is 0. The Morgan fingerprint density at radius 2 is 2.07 bits per heavy atom. The predicted octanol–water partition coefficient (Wildman–Crippen LogP) is 2.86. The summed E-state index contributed by atoms with van der Waals surface area (Å²) in [4.78, 5) is 10.8. The maximum atomic E-state index is 10.8. The van der Waals surface area contributed by atoms with E-state index in [-0.39, 0.29) is 11.9 Å². The number of carbonyl (C=O) groups is 1. The van der Waals surface area contributed by atoms with E-state index < -0.39 is 0 Å². The zero-order valence-corrected chi connectivity index (χ0v) is 8.83. The predicted molar refractivity (Wildman–Crippen MR) is 56.3 cm³/mol. The van der Waals surface area contributed by atoms with Crippen molar-refractivity contribution in [1.82, 2.24) is 0 Å². The highest BCUT2D eigenvalue weighted by molar-refractivity contribution is 5.69. The van der Waals surface area contributed by atoms with E-state index in [1.165, 1.54) is 6.92 Å². The number of aryl methyl sites for hydroxylation is 1. The Balaban J connectivity index is 3.01. The minimum Gasteiger partial charge on any atom is -0.427 e. The van der Waals surface area contributed by atoms with E-state index in [4.69, 9.17) is 4.74 Å². The number of benzene rings is 1. The molecule has 0 N–H and O–H groups in total. The molecule has 14 heavy (non-hydrogen) atoms. The first-order chi connectivity index (χ1) is 6.49. The Hall–Kier alpha value is -1.31. The number of hydrogen-bond acceptors (Lipinski definition) is 2. The molecule has 1 rings (SSSR count). The van der Waals surface area contributed by atoms with E-state index in [1.807, 2.05) is 32.0 Å². The van der Waals surface area contributed by atoms with E-state index in [2.05, 4.69) is 6.92 Å². The van der Waals surface area contributed by atoms with Crippen LogP contribution in [0.1, 0.15) is 30.9 Å². The second kappa shape index (κ2) is 4.27. The molecule has 0 spiro atoms. The summed E-state index contributed by atoms with van der Waals surface area (Å²) in [5.74, 6) is 0.505. The third-order valence-corrected chi connectivity index (χ3v) is 1.90. The lowest BCUT2D eigenvalue weighted by Crippen LogP contribution is -2.02. The summed E-state index contributed by atoms with van der Waals surface area (Å²) in [6, 6.07) is 5.74. The van der Waals surface area contributed by atoms with Gasteiger partial charge in [0.15, 0.2) is 0 Å². The molecule has 0 aromatic heterocycles. The number of hydrogen-bond donors (Lipinski definition) is 0. The van der Waals surface area contributed by atoms with Crippen molar-refractivity contribution in [2.45, 2.75) is 26.7 Å². The molecule has 0 bridgehead atoms.